The van der Waals surface area contributed by atoms with Crippen LogP contribution in [-0.4, -0.2) is 4.98 Å². The molecule has 1 fully saturated rings. The van der Waals surface area contributed by atoms with Crippen molar-refractivity contribution in [1.29, 1.82) is 0 Å². The van der Waals surface area contributed by atoms with Crippen molar-refractivity contribution in [3.8, 4) is 0 Å². The Morgan fingerprint density at radius 3 is 2.54 bits per heavy atom. The summed E-state index contributed by atoms with van der Waals surface area (Å²) >= 11 is 0. The van der Waals surface area contributed by atoms with Gasteiger partial charge in [0.15, 0.2) is 0 Å². The Bertz CT molecular complexity index is 285. The van der Waals surface area contributed by atoms with Gasteiger partial charge in [-0.25, -0.2) is 0 Å². The van der Waals surface area contributed by atoms with E-state index in [0.717, 1.165) is 17.3 Å². The molecule has 0 unspecified atom stereocenters. The summed E-state index contributed by atoms with van der Waals surface area (Å²) in [5.74, 6) is 0.756. The minimum atomic E-state index is 0. The maximum atomic E-state index is 5.63. The van der Waals surface area contributed by atoms with Crippen LogP contribution in [0.4, 0.5) is 5.69 Å². The van der Waals surface area contributed by atoms with Gasteiger partial charge in [0.05, 0.1) is 11.9 Å². The van der Waals surface area contributed by atoms with Gasteiger partial charge in [0.25, 0.3) is 0 Å². The molecule has 2 rings (SSSR count). The number of nitrogen functional groups attached to an aromatic ring is 1. The summed E-state index contributed by atoms with van der Waals surface area (Å²) in [7, 11) is 0. The topological polar surface area (TPSA) is 38.9 Å². The number of anilines is 1. The molecule has 1 aliphatic carbocycles. The van der Waals surface area contributed by atoms with E-state index in [1.165, 1.54) is 18.4 Å². The maximum absolute atomic E-state index is 5.63. The minimum Gasteiger partial charge on any atom is -0.397 e. The smallest absolute Gasteiger partial charge is 0.0503 e. The summed E-state index contributed by atoms with van der Waals surface area (Å²) in [6.07, 6.45) is 4.35. The number of aromatic nitrogens is 1. The van der Waals surface area contributed by atoms with E-state index in [9.17, 15) is 0 Å². The highest BCUT2D eigenvalue weighted by molar-refractivity contribution is 5.85. The molecule has 0 saturated heterocycles. The van der Waals surface area contributed by atoms with Gasteiger partial charge >= 0.3 is 0 Å². The lowest BCUT2D eigenvalue weighted by molar-refractivity contribution is 1.04. The second kappa shape index (κ2) is 4.68. The third kappa shape index (κ3) is 2.75. The Balaban J connectivity index is 0.000000720. The van der Waals surface area contributed by atoms with Crippen molar-refractivity contribution >= 4 is 30.5 Å². The SMILES string of the molecule is Cc1ncc(N)cc1C1CC1.Cl.Cl. The van der Waals surface area contributed by atoms with E-state index in [1.54, 1.807) is 6.20 Å². The number of aryl methyl sites for hydroxylation is 1. The molecule has 1 aromatic rings. The molecule has 1 aliphatic rings. The normalized spacial score (nSPS) is 14.2. The number of rotatable bonds is 1. The van der Waals surface area contributed by atoms with Crippen LogP contribution in [0.1, 0.15) is 30.0 Å². The van der Waals surface area contributed by atoms with Gasteiger partial charge in [-0.15, -0.1) is 24.8 Å². The van der Waals surface area contributed by atoms with Crippen molar-refractivity contribution < 1.29 is 0 Å². The first-order chi connectivity index (χ1) is 5.27. The lowest BCUT2D eigenvalue weighted by Gasteiger charge is -2.02. The summed E-state index contributed by atoms with van der Waals surface area (Å²) < 4.78 is 0. The molecule has 0 amide bonds. The molecule has 1 heterocycles. The lowest BCUT2D eigenvalue weighted by Crippen LogP contribution is -1.93. The predicted octanol–water partition coefficient (Wildman–Crippen LogP) is 2.69. The van der Waals surface area contributed by atoms with Gasteiger partial charge in [-0.1, -0.05) is 0 Å². The molecule has 74 valence electrons. The molecular weight excluding hydrogens is 207 g/mol. The standard InChI is InChI=1S/C9H12N2.2ClH/c1-6-9(7-2-3-7)4-8(10)5-11-6;;/h4-5,7H,2-3,10H2,1H3;2*1H. The highest BCUT2D eigenvalue weighted by Gasteiger charge is 2.25. The second-order valence-electron chi connectivity index (χ2n) is 3.22. The molecule has 0 aromatic carbocycles. The van der Waals surface area contributed by atoms with Crippen molar-refractivity contribution in [2.75, 3.05) is 5.73 Å². The van der Waals surface area contributed by atoms with Crippen LogP contribution in [0.5, 0.6) is 0 Å². The Morgan fingerprint density at radius 1 is 1.38 bits per heavy atom. The molecule has 1 aromatic heterocycles. The second-order valence-corrected chi connectivity index (χ2v) is 3.22. The maximum Gasteiger partial charge on any atom is 0.0503 e. The third-order valence-corrected chi connectivity index (χ3v) is 2.16. The first-order valence-corrected chi connectivity index (χ1v) is 3.99. The van der Waals surface area contributed by atoms with E-state index in [2.05, 4.69) is 11.1 Å². The van der Waals surface area contributed by atoms with E-state index in [1.807, 2.05) is 6.92 Å². The zero-order chi connectivity index (χ0) is 7.84. The number of pyridine rings is 1. The van der Waals surface area contributed by atoms with Gasteiger partial charge in [-0.2, -0.15) is 0 Å². The van der Waals surface area contributed by atoms with E-state index in [0.29, 0.717) is 0 Å². The van der Waals surface area contributed by atoms with Crippen LogP contribution >= 0.6 is 24.8 Å². The Labute approximate surface area is 90.8 Å². The molecule has 0 atom stereocenters. The molecule has 0 spiro atoms. The average molecular weight is 221 g/mol. The highest BCUT2D eigenvalue weighted by Crippen LogP contribution is 2.41. The molecule has 0 radical (unpaired) electrons. The number of halogens is 2. The van der Waals surface area contributed by atoms with Crippen molar-refractivity contribution in [2.24, 2.45) is 0 Å². The largest absolute Gasteiger partial charge is 0.397 e. The fourth-order valence-corrected chi connectivity index (χ4v) is 1.37. The minimum absolute atomic E-state index is 0. The summed E-state index contributed by atoms with van der Waals surface area (Å²) in [4.78, 5) is 4.21. The van der Waals surface area contributed by atoms with Gasteiger partial charge in [-0.05, 0) is 37.3 Å². The van der Waals surface area contributed by atoms with Crippen LogP contribution in [0.2, 0.25) is 0 Å². The number of nitrogens with two attached hydrogens (primary N) is 1. The number of hydrogen-bond donors (Lipinski definition) is 1. The van der Waals surface area contributed by atoms with E-state index in [4.69, 9.17) is 5.73 Å². The van der Waals surface area contributed by atoms with E-state index < -0.39 is 0 Å². The average Bonchev–Trinajstić information content (AvgIpc) is 2.76. The Hall–Kier alpha value is -0.470. The van der Waals surface area contributed by atoms with Crippen molar-refractivity contribution in [1.82, 2.24) is 4.98 Å². The summed E-state index contributed by atoms with van der Waals surface area (Å²) in [5, 5.41) is 0. The molecule has 2 N–H and O–H groups in total. The van der Waals surface area contributed by atoms with Gasteiger partial charge in [0.1, 0.15) is 0 Å². The zero-order valence-corrected chi connectivity index (χ0v) is 9.12. The molecule has 13 heavy (non-hydrogen) atoms. The number of nitrogens with zero attached hydrogens (tertiary/aromatic N) is 1. The monoisotopic (exact) mass is 220 g/mol. The van der Waals surface area contributed by atoms with Gasteiger partial charge in [0.2, 0.25) is 0 Å². The van der Waals surface area contributed by atoms with Gasteiger partial charge in [-0.3, -0.25) is 4.98 Å². The van der Waals surface area contributed by atoms with Gasteiger partial charge in [0, 0.05) is 5.69 Å². The van der Waals surface area contributed by atoms with Crippen molar-refractivity contribution in [3.05, 3.63) is 23.5 Å². The Morgan fingerprint density at radius 2 is 2.00 bits per heavy atom. The quantitative estimate of drug-likeness (QED) is 0.791. The molecule has 4 heteroatoms. The van der Waals surface area contributed by atoms with Crippen LogP contribution in [0.15, 0.2) is 12.3 Å². The first-order valence-electron chi connectivity index (χ1n) is 3.99. The summed E-state index contributed by atoms with van der Waals surface area (Å²) in [5.41, 5.74) is 8.91. The van der Waals surface area contributed by atoms with Crippen LogP contribution in [-0.2, 0) is 0 Å². The molecular formula is C9H14Cl2N2. The zero-order valence-electron chi connectivity index (χ0n) is 7.49. The predicted molar refractivity (Wildman–Crippen MR) is 59.9 cm³/mol. The highest BCUT2D eigenvalue weighted by atomic mass is 35.5. The third-order valence-electron chi connectivity index (χ3n) is 2.16. The van der Waals surface area contributed by atoms with Gasteiger partial charge < -0.3 is 5.73 Å². The molecule has 0 aliphatic heterocycles. The molecule has 0 bridgehead atoms. The molecule has 1 saturated carbocycles. The van der Waals surface area contributed by atoms with Crippen LogP contribution in [0, 0.1) is 6.92 Å². The van der Waals surface area contributed by atoms with Crippen LogP contribution in [0.3, 0.4) is 0 Å². The lowest BCUT2D eigenvalue weighted by atomic mass is 10.1. The van der Waals surface area contributed by atoms with E-state index >= 15 is 0 Å². The van der Waals surface area contributed by atoms with Crippen LogP contribution < -0.4 is 5.73 Å². The van der Waals surface area contributed by atoms with Crippen molar-refractivity contribution in [3.63, 3.8) is 0 Å². The van der Waals surface area contributed by atoms with Crippen molar-refractivity contribution in [2.45, 2.75) is 25.7 Å². The molecule has 2 nitrogen and oxygen atoms in total. The fourth-order valence-electron chi connectivity index (χ4n) is 1.37. The van der Waals surface area contributed by atoms with Crippen LogP contribution in [0.25, 0.3) is 0 Å². The first kappa shape index (κ1) is 12.5. The summed E-state index contributed by atoms with van der Waals surface area (Å²) in [6, 6.07) is 2.06. The number of hydrogen-bond acceptors (Lipinski definition) is 2. The fraction of sp³-hybridized carbons (Fsp3) is 0.444. The summed E-state index contributed by atoms with van der Waals surface area (Å²) in [6.45, 7) is 2.05. The Kier molecular flexibility index (Phi) is 4.51. The van der Waals surface area contributed by atoms with E-state index in [-0.39, 0.29) is 24.8 Å².